The van der Waals surface area contributed by atoms with Crippen LogP contribution < -0.4 is 5.73 Å². The molecule has 0 radical (unpaired) electrons. The van der Waals surface area contributed by atoms with Gasteiger partial charge in [-0.05, 0) is 12.5 Å². The van der Waals surface area contributed by atoms with E-state index in [1.807, 2.05) is 12.1 Å². The Hall–Kier alpha value is -0.580. The van der Waals surface area contributed by atoms with Gasteiger partial charge < -0.3 is 5.73 Å². The highest BCUT2D eigenvalue weighted by molar-refractivity contribution is 8.00. The van der Waals surface area contributed by atoms with Crippen LogP contribution in [0.3, 0.4) is 0 Å². The van der Waals surface area contributed by atoms with Gasteiger partial charge in [-0.15, -0.1) is 0 Å². The fraction of sp³-hybridized carbons (Fsp3) is 0.500. The molecule has 1 aromatic rings. The first-order valence-electron chi connectivity index (χ1n) is 6.33. The number of nitrogens with zero attached hydrogens (tertiary/aromatic N) is 1. The van der Waals surface area contributed by atoms with Gasteiger partial charge in [-0.1, -0.05) is 43.4 Å². The minimum Gasteiger partial charge on any atom is -0.389 e. The molecule has 18 heavy (non-hydrogen) atoms. The highest BCUT2D eigenvalue weighted by Crippen LogP contribution is 2.26. The van der Waals surface area contributed by atoms with Gasteiger partial charge in [0.2, 0.25) is 0 Å². The third-order valence-electron chi connectivity index (χ3n) is 3.67. The molecule has 2 N–H and O–H groups in total. The number of thioether (sulfide) groups is 1. The lowest BCUT2D eigenvalue weighted by atomic mass is 10.1. The number of nitrogens with two attached hydrogens (primary N) is 1. The molecule has 2 atom stereocenters. The Bertz CT molecular complexity index is 434. The fourth-order valence-corrected chi connectivity index (χ4v) is 3.70. The monoisotopic (exact) mass is 280 g/mol. The summed E-state index contributed by atoms with van der Waals surface area (Å²) in [6.07, 6.45) is 0. The van der Waals surface area contributed by atoms with Crippen molar-refractivity contribution in [2.24, 2.45) is 5.73 Å². The van der Waals surface area contributed by atoms with Gasteiger partial charge in [0.25, 0.3) is 0 Å². The molecular formula is C14H20N2S2. The van der Waals surface area contributed by atoms with Gasteiger partial charge in [0.05, 0.1) is 0 Å². The van der Waals surface area contributed by atoms with E-state index in [0.717, 1.165) is 18.7 Å². The average Bonchev–Trinajstić information content (AvgIpc) is 2.35. The summed E-state index contributed by atoms with van der Waals surface area (Å²) >= 11 is 7.18. The molecule has 1 heterocycles. The molecule has 0 amide bonds. The van der Waals surface area contributed by atoms with Crippen molar-refractivity contribution in [2.45, 2.75) is 31.7 Å². The third kappa shape index (κ3) is 3.05. The Morgan fingerprint density at radius 2 is 2.17 bits per heavy atom. The summed E-state index contributed by atoms with van der Waals surface area (Å²) in [6, 6.07) is 8.81. The zero-order chi connectivity index (χ0) is 13.1. The van der Waals surface area contributed by atoms with Crippen molar-refractivity contribution in [2.75, 3.05) is 12.3 Å². The Balaban J connectivity index is 2.16. The summed E-state index contributed by atoms with van der Waals surface area (Å²) in [6.45, 7) is 6.70. The van der Waals surface area contributed by atoms with Crippen LogP contribution in [0.5, 0.6) is 0 Å². The molecular weight excluding hydrogens is 260 g/mol. The van der Waals surface area contributed by atoms with E-state index in [4.69, 9.17) is 18.0 Å². The molecule has 1 aromatic carbocycles. The van der Waals surface area contributed by atoms with E-state index >= 15 is 0 Å². The Kier molecular flexibility index (Phi) is 4.65. The van der Waals surface area contributed by atoms with Crippen molar-refractivity contribution in [1.29, 1.82) is 0 Å². The van der Waals surface area contributed by atoms with E-state index in [1.54, 1.807) is 0 Å². The van der Waals surface area contributed by atoms with Gasteiger partial charge in [0.15, 0.2) is 0 Å². The largest absolute Gasteiger partial charge is 0.389 e. The lowest BCUT2D eigenvalue weighted by molar-refractivity contribution is 0.204. The molecule has 2 unspecified atom stereocenters. The maximum absolute atomic E-state index is 5.79. The SMILES string of the molecule is CC1SCCN(Cc2ccccc2C(N)=S)C1C. The number of thiocarbonyl (C=S) groups is 1. The Morgan fingerprint density at radius 1 is 1.44 bits per heavy atom. The summed E-state index contributed by atoms with van der Waals surface area (Å²) in [5.41, 5.74) is 8.06. The van der Waals surface area contributed by atoms with Crippen LogP contribution in [0.1, 0.15) is 25.0 Å². The predicted octanol–water partition coefficient (Wildman–Crippen LogP) is 2.65. The summed E-state index contributed by atoms with van der Waals surface area (Å²) in [5.74, 6) is 1.21. The summed E-state index contributed by atoms with van der Waals surface area (Å²) in [7, 11) is 0. The van der Waals surface area contributed by atoms with Crippen LogP contribution in [0.15, 0.2) is 24.3 Å². The maximum Gasteiger partial charge on any atom is 0.104 e. The van der Waals surface area contributed by atoms with Crippen molar-refractivity contribution < 1.29 is 0 Å². The molecule has 4 heteroatoms. The van der Waals surface area contributed by atoms with E-state index in [0.29, 0.717) is 16.3 Å². The van der Waals surface area contributed by atoms with Crippen LogP contribution >= 0.6 is 24.0 Å². The maximum atomic E-state index is 5.79. The van der Waals surface area contributed by atoms with Gasteiger partial charge in [0, 0.05) is 35.7 Å². The third-order valence-corrected chi connectivity index (χ3v) is 5.23. The van der Waals surface area contributed by atoms with Gasteiger partial charge in [-0.3, -0.25) is 4.90 Å². The second-order valence-corrected chi connectivity index (χ2v) is 6.73. The molecule has 1 aliphatic heterocycles. The molecule has 1 fully saturated rings. The molecule has 0 spiro atoms. The minimum absolute atomic E-state index is 0.498. The standard InChI is InChI=1S/C14H20N2S2/c1-10-11(2)18-8-7-16(10)9-12-5-3-4-6-13(12)14(15)17/h3-6,10-11H,7-9H2,1-2H3,(H2,15,17). The smallest absolute Gasteiger partial charge is 0.104 e. The first kappa shape index (κ1) is 13.8. The first-order chi connectivity index (χ1) is 8.59. The van der Waals surface area contributed by atoms with Crippen molar-refractivity contribution in [3.05, 3.63) is 35.4 Å². The zero-order valence-electron chi connectivity index (χ0n) is 10.9. The lowest BCUT2D eigenvalue weighted by Crippen LogP contribution is -2.44. The van der Waals surface area contributed by atoms with E-state index in [-0.39, 0.29) is 0 Å². The molecule has 2 rings (SSSR count). The van der Waals surface area contributed by atoms with E-state index in [9.17, 15) is 0 Å². The van der Waals surface area contributed by atoms with E-state index in [2.05, 4.69) is 42.6 Å². The van der Waals surface area contributed by atoms with Gasteiger partial charge in [-0.25, -0.2) is 0 Å². The molecule has 98 valence electrons. The predicted molar refractivity (Wildman–Crippen MR) is 84.1 cm³/mol. The van der Waals surface area contributed by atoms with Crippen molar-refractivity contribution in [3.63, 3.8) is 0 Å². The summed E-state index contributed by atoms with van der Waals surface area (Å²) < 4.78 is 0. The van der Waals surface area contributed by atoms with Crippen molar-refractivity contribution in [3.8, 4) is 0 Å². The zero-order valence-corrected chi connectivity index (χ0v) is 12.6. The molecule has 0 saturated carbocycles. The van der Waals surface area contributed by atoms with Crippen molar-refractivity contribution in [1.82, 2.24) is 4.90 Å². The Labute approximate surface area is 119 Å². The number of hydrogen-bond acceptors (Lipinski definition) is 3. The van der Waals surface area contributed by atoms with Gasteiger partial charge in [-0.2, -0.15) is 11.8 Å². The normalized spacial score (nSPS) is 25.0. The molecule has 0 aromatic heterocycles. The van der Waals surface area contributed by atoms with Gasteiger partial charge in [0.1, 0.15) is 4.99 Å². The van der Waals surface area contributed by atoms with Crippen molar-refractivity contribution >= 4 is 29.0 Å². The second-order valence-electron chi connectivity index (χ2n) is 4.81. The second kappa shape index (κ2) is 6.04. The lowest BCUT2D eigenvalue weighted by Gasteiger charge is -2.37. The number of rotatable bonds is 3. The Morgan fingerprint density at radius 3 is 2.89 bits per heavy atom. The van der Waals surface area contributed by atoms with Crippen LogP contribution in [0.2, 0.25) is 0 Å². The quantitative estimate of drug-likeness (QED) is 0.862. The molecule has 0 aliphatic carbocycles. The van der Waals surface area contributed by atoms with Crippen LogP contribution in [0.25, 0.3) is 0 Å². The molecule has 2 nitrogen and oxygen atoms in total. The van der Waals surface area contributed by atoms with E-state index < -0.39 is 0 Å². The minimum atomic E-state index is 0.498. The van der Waals surface area contributed by atoms with Crippen LogP contribution in [-0.2, 0) is 6.54 Å². The topological polar surface area (TPSA) is 29.3 Å². The highest BCUT2D eigenvalue weighted by Gasteiger charge is 2.25. The molecule has 0 bridgehead atoms. The van der Waals surface area contributed by atoms with Gasteiger partial charge >= 0.3 is 0 Å². The van der Waals surface area contributed by atoms with Crippen LogP contribution in [0, 0.1) is 0 Å². The molecule has 1 aliphatic rings. The number of benzene rings is 1. The molecule has 1 saturated heterocycles. The fourth-order valence-electron chi connectivity index (χ4n) is 2.34. The highest BCUT2D eigenvalue weighted by atomic mass is 32.2. The van der Waals surface area contributed by atoms with Crippen LogP contribution in [-0.4, -0.2) is 33.5 Å². The average molecular weight is 280 g/mol. The van der Waals surface area contributed by atoms with Crippen LogP contribution in [0.4, 0.5) is 0 Å². The number of hydrogen-bond donors (Lipinski definition) is 1. The summed E-state index contributed by atoms with van der Waals surface area (Å²) in [5, 5.41) is 0.691. The van der Waals surface area contributed by atoms with E-state index in [1.165, 1.54) is 11.3 Å². The first-order valence-corrected chi connectivity index (χ1v) is 7.78. The summed E-state index contributed by atoms with van der Waals surface area (Å²) in [4.78, 5) is 3.02.